The average Bonchev–Trinajstić information content (AvgIpc) is 3.15. The molecule has 0 aliphatic carbocycles. The van der Waals surface area contributed by atoms with Gasteiger partial charge in [-0.15, -0.1) is 0 Å². The molecular formula is C16H25N5O5. The third-order valence-corrected chi connectivity index (χ3v) is 4.57. The standard InChI is InChI=1S/C16H25N5O5/c1-7(2)3-4-8(23)14-19-13(17)10-15(20-14)21(6-18-10)16-12(25)11(24)9(5-22)26-16/h6-9,11-12,16,22-25H,3-5H2,1-2H3,(H2,17,19,20)/t8?,9-,11-,12-,16-/m1/s1. The van der Waals surface area contributed by atoms with Crippen molar-refractivity contribution in [3.05, 3.63) is 12.2 Å². The third kappa shape index (κ3) is 3.38. The second-order valence-electron chi connectivity index (χ2n) is 7.01. The first-order valence-electron chi connectivity index (χ1n) is 8.64. The zero-order chi connectivity index (χ0) is 19.0. The van der Waals surface area contributed by atoms with Gasteiger partial charge < -0.3 is 30.9 Å². The highest BCUT2D eigenvalue weighted by Gasteiger charge is 2.44. The predicted octanol–water partition coefficient (Wildman–Crippen LogP) is -0.510. The van der Waals surface area contributed by atoms with Gasteiger partial charge in [0.15, 0.2) is 23.5 Å². The fourth-order valence-electron chi connectivity index (χ4n) is 3.02. The van der Waals surface area contributed by atoms with Crippen molar-refractivity contribution in [1.29, 1.82) is 0 Å². The van der Waals surface area contributed by atoms with Crippen LogP contribution in [0.2, 0.25) is 0 Å². The Morgan fingerprint density at radius 2 is 1.96 bits per heavy atom. The smallest absolute Gasteiger partial charge is 0.168 e. The number of anilines is 1. The molecular weight excluding hydrogens is 342 g/mol. The number of hydrogen-bond donors (Lipinski definition) is 5. The number of aliphatic hydroxyl groups excluding tert-OH is 4. The number of nitrogen functional groups attached to an aromatic ring is 1. The molecule has 10 heteroatoms. The molecule has 26 heavy (non-hydrogen) atoms. The Hall–Kier alpha value is -1.85. The van der Waals surface area contributed by atoms with E-state index in [0.29, 0.717) is 17.9 Å². The van der Waals surface area contributed by atoms with Crippen molar-refractivity contribution >= 4 is 17.0 Å². The van der Waals surface area contributed by atoms with Gasteiger partial charge in [-0.25, -0.2) is 15.0 Å². The lowest BCUT2D eigenvalue weighted by Gasteiger charge is -2.17. The van der Waals surface area contributed by atoms with Gasteiger partial charge in [0, 0.05) is 0 Å². The number of fused-ring (bicyclic) bond motifs is 1. The second kappa shape index (κ2) is 7.41. The molecule has 144 valence electrons. The summed E-state index contributed by atoms with van der Waals surface area (Å²) in [4.78, 5) is 12.6. The van der Waals surface area contributed by atoms with E-state index in [4.69, 9.17) is 10.5 Å². The van der Waals surface area contributed by atoms with Crippen LogP contribution in [0.4, 0.5) is 5.82 Å². The van der Waals surface area contributed by atoms with E-state index in [2.05, 4.69) is 28.8 Å². The summed E-state index contributed by atoms with van der Waals surface area (Å²) in [5.74, 6) is 0.707. The van der Waals surface area contributed by atoms with Gasteiger partial charge in [0.05, 0.1) is 12.9 Å². The van der Waals surface area contributed by atoms with Gasteiger partial charge in [0.25, 0.3) is 0 Å². The summed E-state index contributed by atoms with van der Waals surface area (Å²) in [5, 5.41) is 39.8. The van der Waals surface area contributed by atoms with Crippen LogP contribution in [0.5, 0.6) is 0 Å². The first kappa shape index (κ1) is 18.9. The highest BCUT2D eigenvalue weighted by Crippen LogP contribution is 2.32. The number of imidazole rings is 1. The number of ether oxygens (including phenoxy) is 1. The van der Waals surface area contributed by atoms with Gasteiger partial charge in [0.2, 0.25) is 0 Å². The molecule has 1 fully saturated rings. The molecule has 1 aliphatic heterocycles. The molecule has 0 aromatic carbocycles. The molecule has 0 radical (unpaired) electrons. The fourth-order valence-corrected chi connectivity index (χ4v) is 3.02. The van der Waals surface area contributed by atoms with E-state index in [1.807, 2.05) is 0 Å². The van der Waals surface area contributed by atoms with Crippen LogP contribution in [0.1, 0.15) is 44.8 Å². The Bertz CT molecular complexity index is 767. The van der Waals surface area contributed by atoms with Crippen LogP contribution in [0.15, 0.2) is 6.33 Å². The Balaban J connectivity index is 1.95. The van der Waals surface area contributed by atoms with Crippen LogP contribution in [0.25, 0.3) is 11.2 Å². The second-order valence-corrected chi connectivity index (χ2v) is 7.01. The van der Waals surface area contributed by atoms with Crippen LogP contribution >= 0.6 is 0 Å². The van der Waals surface area contributed by atoms with Crippen molar-refractivity contribution in [1.82, 2.24) is 19.5 Å². The van der Waals surface area contributed by atoms with Gasteiger partial charge in [-0.05, 0) is 18.8 Å². The Labute approximate surface area is 150 Å². The Morgan fingerprint density at radius 3 is 2.58 bits per heavy atom. The minimum absolute atomic E-state index is 0.110. The first-order valence-corrected chi connectivity index (χ1v) is 8.64. The van der Waals surface area contributed by atoms with E-state index >= 15 is 0 Å². The van der Waals surface area contributed by atoms with Crippen molar-refractivity contribution in [2.24, 2.45) is 5.92 Å². The summed E-state index contributed by atoms with van der Waals surface area (Å²) in [5.41, 5.74) is 6.54. The van der Waals surface area contributed by atoms with Crippen LogP contribution < -0.4 is 5.73 Å². The molecule has 3 rings (SSSR count). The van der Waals surface area contributed by atoms with Crippen LogP contribution in [0.3, 0.4) is 0 Å². The molecule has 1 saturated heterocycles. The van der Waals surface area contributed by atoms with Gasteiger partial charge >= 0.3 is 0 Å². The summed E-state index contributed by atoms with van der Waals surface area (Å²) in [6.45, 7) is 3.68. The highest BCUT2D eigenvalue weighted by atomic mass is 16.6. The maximum Gasteiger partial charge on any atom is 0.168 e. The molecule has 1 aliphatic rings. The van der Waals surface area contributed by atoms with Crippen molar-refractivity contribution in [2.75, 3.05) is 12.3 Å². The van der Waals surface area contributed by atoms with Crippen molar-refractivity contribution in [3.8, 4) is 0 Å². The minimum atomic E-state index is -1.27. The maximum absolute atomic E-state index is 10.4. The summed E-state index contributed by atoms with van der Waals surface area (Å²) < 4.78 is 6.94. The Morgan fingerprint density at radius 1 is 1.23 bits per heavy atom. The van der Waals surface area contributed by atoms with Crippen LogP contribution in [-0.4, -0.2) is 64.9 Å². The lowest BCUT2D eigenvalue weighted by atomic mass is 10.0. The van der Waals surface area contributed by atoms with E-state index in [-0.39, 0.29) is 17.3 Å². The third-order valence-electron chi connectivity index (χ3n) is 4.57. The van der Waals surface area contributed by atoms with Gasteiger partial charge in [0.1, 0.15) is 29.9 Å². The molecule has 5 atom stereocenters. The molecule has 0 bridgehead atoms. The number of nitrogens with two attached hydrogens (primary N) is 1. The summed E-state index contributed by atoms with van der Waals surface area (Å²) in [7, 11) is 0. The predicted molar refractivity (Wildman–Crippen MR) is 91.8 cm³/mol. The number of nitrogens with zero attached hydrogens (tertiary/aromatic N) is 4. The van der Waals surface area contributed by atoms with Crippen LogP contribution in [-0.2, 0) is 4.74 Å². The molecule has 2 aromatic heterocycles. The van der Waals surface area contributed by atoms with E-state index in [1.54, 1.807) is 0 Å². The van der Waals surface area contributed by atoms with E-state index in [9.17, 15) is 20.4 Å². The lowest BCUT2D eigenvalue weighted by Crippen LogP contribution is -2.33. The minimum Gasteiger partial charge on any atom is -0.394 e. The summed E-state index contributed by atoms with van der Waals surface area (Å²) >= 11 is 0. The molecule has 3 heterocycles. The van der Waals surface area contributed by atoms with E-state index < -0.39 is 37.3 Å². The molecule has 1 unspecified atom stereocenters. The number of aliphatic hydroxyl groups is 4. The molecule has 10 nitrogen and oxygen atoms in total. The Kier molecular flexibility index (Phi) is 5.39. The fraction of sp³-hybridized carbons (Fsp3) is 0.688. The maximum atomic E-state index is 10.4. The van der Waals surface area contributed by atoms with Crippen molar-refractivity contribution in [3.63, 3.8) is 0 Å². The number of hydrogen-bond acceptors (Lipinski definition) is 9. The molecule has 2 aromatic rings. The zero-order valence-corrected chi connectivity index (χ0v) is 14.7. The zero-order valence-electron chi connectivity index (χ0n) is 14.7. The van der Waals surface area contributed by atoms with E-state index in [0.717, 1.165) is 6.42 Å². The van der Waals surface area contributed by atoms with Crippen molar-refractivity contribution < 1.29 is 25.2 Å². The van der Waals surface area contributed by atoms with Gasteiger partial charge in [-0.2, -0.15) is 0 Å². The monoisotopic (exact) mass is 367 g/mol. The summed E-state index contributed by atoms with van der Waals surface area (Å²) in [6.07, 6.45) is -2.61. The lowest BCUT2D eigenvalue weighted by molar-refractivity contribution is -0.0511. The molecule has 6 N–H and O–H groups in total. The van der Waals surface area contributed by atoms with Crippen LogP contribution in [0, 0.1) is 5.92 Å². The average molecular weight is 367 g/mol. The topological polar surface area (TPSA) is 160 Å². The number of aromatic nitrogens is 4. The number of rotatable bonds is 6. The first-order chi connectivity index (χ1) is 12.3. The van der Waals surface area contributed by atoms with Gasteiger partial charge in [-0.3, -0.25) is 4.57 Å². The highest BCUT2D eigenvalue weighted by molar-refractivity contribution is 5.81. The molecule has 0 spiro atoms. The quantitative estimate of drug-likeness (QED) is 0.453. The van der Waals surface area contributed by atoms with Gasteiger partial charge in [-0.1, -0.05) is 13.8 Å². The van der Waals surface area contributed by atoms with Crippen molar-refractivity contribution in [2.45, 2.75) is 57.3 Å². The normalized spacial score (nSPS) is 27.5. The summed E-state index contributed by atoms with van der Waals surface area (Å²) in [6, 6.07) is 0. The largest absolute Gasteiger partial charge is 0.394 e. The molecule has 0 amide bonds. The molecule has 0 saturated carbocycles. The van der Waals surface area contributed by atoms with E-state index in [1.165, 1.54) is 10.9 Å². The SMILES string of the molecule is CC(C)CCC(O)c1nc(N)c2ncn([C@@H]3O[C@H](CO)[C@@H](O)[C@H]3O)c2n1.